The zero-order valence-corrected chi connectivity index (χ0v) is 10.8. The lowest BCUT2D eigenvalue weighted by Crippen LogP contribution is -2.45. The van der Waals surface area contributed by atoms with E-state index >= 15 is 0 Å². The molecule has 17 heavy (non-hydrogen) atoms. The third-order valence-electron chi connectivity index (χ3n) is 2.23. The standard InChI is InChI=1S/C10H16F2N2O2S/c1-9(2,3)16-8(15)14-5-10(11,12)4-6(14)7(13)17/h6H,4-5H2,1-3H3,(H2,13,17). The van der Waals surface area contributed by atoms with Crippen LogP contribution in [0.4, 0.5) is 13.6 Å². The molecule has 1 rings (SSSR count). The number of alkyl halides is 2. The van der Waals surface area contributed by atoms with Gasteiger partial charge in [0.15, 0.2) is 0 Å². The Hall–Kier alpha value is -0.980. The normalized spacial score (nSPS) is 23.6. The summed E-state index contributed by atoms with van der Waals surface area (Å²) in [7, 11) is 0. The summed E-state index contributed by atoms with van der Waals surface area (Å²) in [5.41, 5.74) is 4.62. The molecule has 0 aromatic rings. The van der Waals surface area contributed by atoms with E-state index in [2.05, 4.69) is 0 Å². The van der Waals surface area contributed by atoms with Gasteiger partial charge in [-0.25, -0.2) is 13.6 Å². The number of carbonyl (C=O) groups is 1. The molecule has 0 bridgehead atoms. The average Bonchev–Trinajstić information content (AvgIpc) is 2.38. The van der Waals surface area contributed by atoms with Gasteiger partial charge in [-0.1, -0.05) is 12.2 Å². The first kappa shape index (κ1) is 14.1. The van der Waals surface area contributed by atoms with Gasteiger partial charge in [0.05, 0.1) is 17.6 Å². The Morgan fingerprint density at radius 3 is 2.47 bits per heavy atom. The monoisotopic (exact) mass is 266 g/mol. The number of thiocarbonyl (C=S) groups is 1. The maximum Gasteiger partial charge on any atom is 0.411 e. The summed E-state index contributed by atoms with van der Waals surface area (Å²) in [6.07, 6.45) is -1.35. The fourth-order valence-electron chi connectivity index (χ4n) is 1.58. The van der Waals surface area contributed by atoms with E-state index in [1.165, 1.54) is 0 Å². The minimum atomic E-state index is -2.97. The van der Waals surface area contributed by atoms with E-state index in [-0.39, 0.29) is 4.99 Å². The lowest BCUT2D eigenvalue weighted by molar-refractivity contribution is -0.00209. The minimum Gasteiger partial charge on any atom is -0.444 e. The van der Waals surface area contributed by atoms with Crippen LogP contribution in [0.5, 0.6) is 0 Å². The molecule has 1 heterocycles. The molecule has 0 spiro atoms. The topological polar surface area (TPSA) is 55.6 Å². The number of carbonyl (C=O) groups excluding carboxylic acids is 1. The molecule has 1 aliphatic heterocycles. The predicted octanol–water partition coefficient (Wildman–Crippen LogP) is 1.92. The molecule has 0 aromatic heterocycles. The summed E-state index contributed by atoms with van der Waals surface area (Å²) in [5.74, 6) is -2.97. The van der Waals surface area contributed by atoms with Gasteiger partial charge < -0.3 is 10.5 Å². The fourth-order valence-corrected chi connectivity index (χ4v) is 1.79. The van der Waals surface area contributed by atoms with Gasteiger partial charge in [-0.2, -0.15) is 0 Å². The van der Waals surface area contributed by atoms with Crippen molar-refractivity contribution in [2.45, 2.75) is 44.8 Å². The van der Waals surface area contributed by atoms with Crippen LogP contribution in [0.25, 0.3) is 0 Å². The molecule has 0 radical (unpaired) electrons. The lowest BCUT2D eigenvalue weighted by atomic mass is 10.2. The predicted molar refractivity (Wildman–Crippen MR) is 63.1 cm³/mol. The van der Waals surface area contributed by atoms with E-state index in [1.807, 2.05) is 0 Å². The molecule has 1 atom stereocenters. The van der Waals surface area contributed by atoms with Gasteiger partial charge in [-0.05, 0) is 20.8 Å². The van der Waals surface area contributed by atoms with Crippen LogP contribution in [0.3, 0.4) is 0 Å². The first-order valence-electron chi connectivity index (χ1n) is 5.19. The maximum atomic E-state index is 13.2. The van der Waals surface area contributed by atoms with E-state index in [1.54, 1.807) is 20.8 Å². The second kappa shape index (κ2) is 4.36. The van der Waals surface area contributed by atoms with Crippen LogP contribution in [0.15, 0.2) is 0 Å². The summed E-state index contributed by atoms with van der Waals surface area (Å²) in [6.45, 7) is 4.28. The van der Waals surface area contributed by atoms with Crippen molar-refractivity contribution in [1.29, 1.82) is 0 Å². The van der Waals surface area contributed by atoms with Gasteiger partial charge in [0.2, 0.25) is 0 Å². The van der Waals surface area contributed by atoms with Crippen molar-refractivity contribution in [3.63, 3.8) is 0 Å². The van der Waals surface area contributed by atoms with Crippen LogP contribution in [0.2, 0.25) is 0 Å². The summed E-state index contributed by atoms with van der Waals surface area (Å²) < 4.78 is 31.5. The molecule has 0 aliphatic carbocycles. The molecule has 4 nitrogen and oxygen atoms in total. The first-order chi connectivity index (χ1) is 7.52. The number of ether oxygens (including phenoxy) is 1. The highest BCUT2D eigenvalue weighted by molar-refractivity contribution is 7.80. The molecule has 0 saturated carbocycles. The number of likely N-dealkylation sites (tertiary alicyclic amines) is 1. The molecule has 1 amide bonds. The number of amides is 1. The fraction of sp³-hybridized carbons (Fsp3) is 0.800. The highest BCUT2D eigenvalue weighted by atomic mass is 32.1. The molecule has 98 valence electrons. The SMILES string of the molecule is CC(C)(C)OC(=O)N1CC(F)(F)CC1C(N)=S. The van der Waals surface area contributed by atoms with Crippen LogP contribution in [-0.2, 0) is 4.74 Å². The van der Waals surface area contributed by atoms with E-state index in [9.17, 15) is 13.6 Å². The van der Waals surface area contributed by atoms with Gasteiger partial charge in [0.25, 0.3) is 5.92 Å². The summed E-state index contributed by atoms with van der Waals surface area (Å²) >= 11 is 4.69. The third kappa shape index (κ3) is 3.76. The molecule has 0 aromatic carbocycles. The van der Waals surface area contributed by atoms with E-state index < -0.39 is 36.6 Å². The van der Waals surface area contributed by atoms with E-state index in [0.29, 0.717) is 0 Å². The minimum absolute atomic E-state index is 0.118. The number of halogens is 2. The van der Waals surface area contributed by atoms with Crippen molar-refractivity contribution in [2.75, 3.05) is 6.54 Å². The largest absolute Gasteiger partial charge is 0.444 e. The Bertz CT molecular complexity index is 342. The number of hydrogen-bond donors (Lipinski definition) is 1. The van der Waals surface area contributed by atoms with Crippen molar-refractivity contribution in [2.24, 2.45) is 5.73 Å². The number of nitrogens with zero attached hydrogens (tertiary/aromatic N) is 1. The average molecular weight is 266 g/mol. The van der Waals surface area contributed by atoms with Gasteiger partial charge in [0.1, 0.15) is 5.60 Å². The van der Waals surface area contributed by atoms with Crippen molar-refractivity contribution in [3.8, 4) is 0 Å². The van der Waals surface area contributed by atoms with Gasteiger partial charge in [-0.15, -0.1) is 0 Å². The second-order valence-electron chi connectivity index (χ2n) is 5.09. The maximum absolute atomic E-state index is 13.2. The molecular weight excluding hydrogens is 250 g/mol. The molecular formula is C10H16F2N2O2S. The van der Waals surface area contributed by atoms with Crippen LogP contribution in [-0.4, -0.2) is 40.1 Å². The smallest absolute Gasteiger partial charge is 0.411 e. The van der Waals surface area contributed by atoms with Crippen LogP contribution >= 0.6 is 12.2 Å². The number of rotatable bonds is 1. The van der Waals surface area contributed by atoms with Crippen LogP contribution in [0.1, 0.15) is 27.2 Å². The zero-order valence-electron chi connectivity index (χ0n) is 10.00. The molecule has 1 fully saturated rings. The molecule has 1 unspecified atom stereocenters. The van der Waals surface area contributed by atoms with Crippen LogP contribution in [0, 0.1) is 0 Å². The Kier molecular flexibility index (Phi) is 3.61. The van der Waals surface area contributed by atoms with Gasteiger partial charge in [0, 0.05) is 6.42 Å². The Morgan fingerprint density at radius 1 is 1.53 bits per heavy atom. The third-order valence-corrected chi connectivity index (χ3v) is 2.50. The lowest BCUT2D eigenvalue weighted by Gasteiger charge is -2.27. The molecule has 1 saturated heterocycles. The Balaban J connectivity index is 2.81. The number of hydrogen-bond acceptors (Lipinski definition) is 3. The molecule has 2 N–H and O–H groups in total. The molecule has 7 heteroatoms. The van der Waals surface area contributed by atoms with E-state index in [4.69, 9.17) is 22.7 Å². The summed E-state index contributed by atoms with van der Waals surface area (Å²) in [6, 6.07) is -0.935. The highest BCUT2D eigenvalue weighted by Gasteiger charge is 2.49. The van der Waals surface area contributed by atoms with Gasteiger partial charge in [-0.3, -0.25) is 4.90 Å². The summed E-state index contributed by atoms with van der Waals surface area (Å²) in [4.78, 5) is 12.5. The van der Waals surface area contributed by atoms with Crippen molar-refractivity contribution >= 4 is 23.3 Å². The molecule has 1 aliphatic rings. The van der Waals surface area contributed by atoms with Crippen LogP contribution < -0.4 is 5.73 Å². The number of nitrogens with two attached hydrogens (primary N) is 1. The summed E-state index contributed by atoms with van der Waals surface area (Å²) in [5, 5.41) is 0. The van der Waals surface area contributed by atoms with Crippen molar-refractivity contribution in [3.05, 3.63) is 0 Å². The second-order valence-corrected chi connectivity index (χ2v) is 5.56. The zero-order chi connectivity index (χ0) is 13.4. The van der Waals surface area contributed by atoms with E-state index in [0.717, 1.165) is 4.90 Å². The quantitative estimate of drug-likeness (QED) is 0.737. The first-order valence-corrected chi connectivity index (χ1v) is 5.59. The Labute approximate surface area is 104 Å². The highest BCUT2D eigenvalue weighted by Crippen LogP contribution is 2.33. The Morgan fingerprint density at radius 2 is 2.06 bits per heavy atom. The van der Waals surface area contributed by atoms with Gasteiger partial charge >= 0.3 is 6.09 Å². The van der Waals surface area contributed by atoms with Crippen molar-refractivity contribution in [1.82, 2.24) is 4.90 Å². The van der Waals surface area contributed by atoms with Crippen molar-refractivity contribution < 1.29 is 18.3 Å².